The van der Waals surface area contributed by atoms with Crippen LogP contribution in [0.1, 0.15) is 61.8 Å². The minimum atomic E-state index is 0.115. The fourth-order valence-electron chi connectivity index (χ4n) is 2.19. The van der Waals surface area contributed by atoms with Gasteiger partial charge in [0.05, 0.1) is 11.0 Å². The smallest absolute Gasteiger partial charge is 0.197 e. The van der Waals surface area contributed by atoms with Crippen molar-refractivity contribution in [2.24, 2.45) is 7.05 Å². The van der Waals surface area contributed by atoms with Gasteiger partial charge in [-0.1, -0.05) is 86.1 Å². The SMILES string of the molecule is CC.CC.CC.CCC.Cn1c2ccccc2c(=O)c2ccccc21. The van der Waals surface area contributed by atoms with E-state index in [1.54, 1.807) is 0 Å². The van der Waals surface area contributed by atoms with Gasteiger partial charge in [-0.3, -0.25) is 4.79 Å². The van der Waals surface area contributed by atoms with Gasteiger partial charge < -0.3 is 4.57 Å². The highest BCUT2D eigenvalue weighted by molar-refractivity contribution is 5.93. The second-order valence-corrected chi connectivity index (χ2v) is 4.63. The van der Waals surface area contributed by atoms with E-state index in [0.717, 1.165) is 21.8 Å². The average Bonchev–Trinajstić information content (AvgIpc) is 2.71. The number of hydrogen-bond acceptors (Lipinski definition) is 1. The van der Waals surface area contributed by atoms with E-state index < -0.39 is 0 Å². The second-order valence-electron chi connectivity index (χ2n) is 4.63. The normalized spacial score (nSPS) is 8.52. The molecule has 2 aromatic carbocycles. The lowest BCUT2D eigenvalue weighted by molar-refractivity contribution is 1.00. The minimum Gasteiger partial charge on any atom is -0.343 e. The minimum absolute atomic E-state index is 0.115. The molecule has 0 aliphatic carbocycles. The Hall–Kier alpha value is -2.09. The molecule has 0 aliphatic heterocycles. The van der Waals surface area contributed by atoms with Gasteiger partial charge in [-0.25, -0.2) is 0 Å². The Morgan fingerprint density at radius 3 is 1.28 bits per heavy atom. The molecule has 2 heteroatoms. The Morgan fingerprint density at radius 1 is 0.680 bits per heavy atom. The van der Waals surface area contributed by atoms with Gasteiger partial charge in [0.25, 0.3) is 0 Å². The molecule has 0 amide bonds. The van der Waals surface area contributed by atoms with E-state index in [9.17, 15) is 4.79 Å². The number of aryl methyl sites for hydroxylation is 1. The fraction of sp³-hybridized carbons (Fsp3) is 0.435. The van der Waals surface area contributed by atoms with Gasteiger partial charge in [0.15, 0.2) is 5.43 Å². The van der Waals surface area contributed by atoms with E-state index in [0.29, 0.717) is 0 Å². The molecule has 2 nitrogen and oxygen atoms in total. The molecule has 0 radical (unpaired) electrons. The van der Waals surface area contributed by atoms with Crippen molar-refractivity contribution < 1.29 is 0 Å². The highest BCUT2D eigenvalue weighted by atomic mass is 16.1. The van der Waals surface area contributed by atoms with Crippen LogP contribution in [0.5, 0.6) is 0 Å². The van der Waals surface area contributed by atoms with E-state index in [-0.39, 0.29) is 5.43 Å². The van der Waals surface area contributed by atoms with Crippen molar-refractivity contribution in [2.45, 2.75) is 61.8 Å². The number of benzene rings is 2. The van der Waals surface area contributed by atoms with Crippen molar-refractivity contribution >= 4 is 21.8 Å². The number of aromatic nitrogens is 1. The van der Waals surface area contributed by atoms with Crippen molar-refractivity contribution in [3.63, 3.8) is 0 Å². The van der Waals surface area contributed by atoms with E-state index in [1.165, 1.54) is 6.42 Å². The molecular weight excluding hydrogens is 306 g/mol. The van der Waals surface area contributed by atoms with E-state index in [2.05, 4.69) is 18.4 Å². The van der Waals surface area contributed by atoms with E-state index in [4.69, 9.17) is 0 Å². The lowest BCUT2D eigenvalue weighted by Crippen LogP contribution is -2.08. The summed E-state index contributed by atoms with van der Waals surface area (Å²) in [6.45, 7) is 16.2. The molecule has 0 saturated heterocycles. The first kappa shape index (κ1) is 25.2. The molecule has 0 unspecified atom stereocenters. The summed E-state index contributed by atoms with van der Waals surface area (Å²) < 4.78 is 2.06. The standard InChI is InChI=1S/C14H11NO.C3H8.3C2H6/c1-15-12-8-4-2-6-10(12)14(16)11-7-3-5-9-13(11)15;1-3-2;3*1-2/h2-9H,1H3;3H2,1-2H3;3*1-2H3. The molecule has 3 rings (SSSR count). The van der Waals surface area contributed by atoms with E-state index >= 15 is 0 Å². The average molecular weight is 344 g/mol. The molecule has 0 bridgehead atoms. The van der Waals surface area contributed by atoms with Gasteiger partial charge >= 0.3 is 0 Å². The van der Waals surface area contributed by atoms with Crippen molar-refractivity contribution in [1.82, 2.24) is 4.57 Å². The summed E-state index contributed by atoms with van der Waals surface area (Å²) in [7, 11) is 1.99. The highest BCUT2D eigenvalue weighted by Gasteiger charge is 2.06. The Balaban J connectivity index is 0. The Bertz CT molecular complexity index is 697. The maximum Gasteiger partial charge on any atom is 0.197 e. The highest BCUT2D eigenvalue weighted by Crippen LogP contribution is 2.16. The van der Waals surface area contributed by atoms with Gasteiger partial charge in [-0.15, -0.1) is 0 Å². The van der Waals surface area contributed by atoms with Crippen molar-refractivity contribution in [1.29, 1.82) is 0 Å². The fourth-order valence-corrected chi connectivity index (χ4v) is 2.19. The Labute approximate surface area is 154 Å². The summed E-state index contributed by atoms with van der Waals surface area (Å²) in [5, 5.41) is 1.56. The van der Waals surface area contributed by atoms with Gasteiger partial charge in [0, 0.05) is 17.8 Å². The predicted molar refractivity (Wildman–Crippen MR) is 117 cm³/mol. The van der Waals surface area contributed by atoms with Crippen LogP contribution in [0.2, 0.25) is 0 Å². The van der Waals surface area contributed by atoms with E-state index in [1.807, 2.05) is 97.1 Å². The summed E-state index contributed by atoms with van der Waals surface area (Å²) in [5.74, 6) is 0. The molecule has 0 fully saturated rings. The summed E-state index contributed by atoms with van der Waals surface area (Å²) in [6, 6.07) is 15.4. The summed E-state index contributed by atoms with van der Waals surface area (Å²) in [5.41, 5.74) is 2.07. The lowest BCUT2D eigenvalue weighted by atomic mass is 10.1. The monoisotopic (exact) mass is 343 g/mol. The quantitative estimate of drug-likeness (QED) is 0.396. The van der Waals surface area contributed by atoms with Gasteiger partial charge in [-0.05, 0) is 24.3 Å². The van der Waals surface area contributed by atoms with Crippen LogP contribution in [0.3, 0.4) is 0 Å². The maximum absolute atomic E-state index is 12.2. The molecule has 1 aromatic heterocycles. The number of rotatable bonds is 0. The molecular formula is C23H37NO. The molecule has 25 heavy (non-hydrogen) atoms. The van der Waals surface area contributed by atoms with Gasteiger partial charge in [-0.2, -0.15) is 0 Å². The zero-order valence-electron chi connectivity index (χ0n) is 17.7. The van der Waals surface area contributed by atoms with Gasteiger partial charge in [0.2, 0.25) is 0 Å². The van der Waals surface area contributed by atoms with Crippen LogP contribution in [-0.2, 0) is 7.05 Å². The topological polar surface area (TPSA) is 22.0 Å². The van der Waals surface area contributed by atoms with Gasteiger partial charge in [0.1, 0.15) is 0 Å². The molecule has 0 atom stereocenters. The number of hydrogen-bond donors (Lipinski definition) is 0. The van der Waals surface area contributed by atoms with Crippen molar-refractivity contribution in [3.8, 4) is 0 Å². The molecule has 140 valence electrons. The predicted octanol–water partition coefficient (Wildman–Crippen LogP) is 7.19. The first-order valence-corrected chi connectivity index (χ1v) is 9.67. The first-order valence-electron chi connectivity index (χ1n) is 9.67. The summed E-state index contributed by atoms with van der Waals surface area (Å²) in [6.07, 6.45) is 1.25. The molecule has 0 N–H and O–H groups in total. The molecule has 0 spiro atoms. The van der Waals surface area contributed by atoms with Crippen LogP contribution < -0.4 is 5.43 Å². The number of fused-ring (bicyclic) bond motifs is 2. The number of pyridine rings is 1. The number of para-hydroxylation sites is 2. The zero-order chi connectivity index (χ0) is 19.8. The first-order chi connectivity index (χ1) is 12.2. The van der Waals surface area contributed by atoms with Crippen molar-refractivity contribution in [3.05, 3.63) is 58.8 Å². The second kappa shape index (κ2) is 15.4. The molecule has 3 aromatic rings. The summed E-state index contributed by atoms with van der Waals surface area (Å²) >= 11 is 0. The third-order valence-corrected chi connectivity index (χ3v) is 3.02. The van der Waals surface area contributed by atoms with Crippen LogP contribution in [0.4, 0.5) is 0 Å². The largest absolute Gasteiger partial charge is 0.343 e. The number of nitrogens with zero attached hydrogens (tertiary/aromatic N) is 1. The van der Waals surface area contributed by atoms with Crippen molar-refractivity contribution in [2.75, 3.05) is 0 Å². The molecule has 0 saturated carbocycles. The van der Waals surface area contributed by atoms with Crippen LogP contribution in [0, 0.1) is 0 Å². The van der Waals surface area contributed by atoms with Crippen LogP contribution in [0.15, 0.2) is 53.3 Å². The third-order valence-electron chi connectivity index (χ3n) is 3.02. The zero-order valence-corrected chi connectivity index (χ0v) is 17.7. The lowest BCUT2D eigenvalue weighted by Gasteiger charge is -2.09. The maximum atomic E-state index is 12.2. The Morgan fingerprint density at radius 2 is 0.960 bits per heavy atom. The van der Waals surface area contributed by atoms with Crippen LogP contribution in [0.25, 0.3) is 21.8 Å². The van der Waals surface area contributed by atoms with Crippen LogP contribution >= 0.6 is 0 Å². The molecule has 1 heterocycles. The molecule has 0 aliphatic rings. The summed E-state index contributed by atoms with van der Waals surface area (Å²) in [4.78, 5) is 12.2. The third kappa shape index (κ3) is 6.74. The Kier molecular flexibility index (Phi) is 15.5. The van der Waals surface area contributed by atoms with Crippen LogP contribution in [-0.4, -0.2) is 4.57 Å².